The lowest BCUT2D eigenvalue weighted by atomic mass is 10.0. The predicted octanol–water partition coefficient (Wildman–Crippen LogP) is 5.97. The van der Waals surface area contributed by atoms with Gasteiger partial charge in [0.2, 0.25) is 0 Å². The Morgan fingerprint density at radius 3 is 2.00 bits per heavy atom. The number of carbonyl (C=O) groups is 1. The summed E-state index contributed by atoms with van der Waals surface area (Å²) in [5.41, 5.74) is 1.02. The second-order valence-electron chi connectivity index (χ2n) is 6.59. The van der Waals surface area contributed by atoms with Crippen molar-refractivity contribution in [1.82, 2.24) is 0 Å². The van der Waals surface area contributed by atoms with Crippen molar-refractivity contribution in [3.63, 3.8) is 0 Å². The number of hydrogen-bond donors (Lipinski definition) is 1. The molecule has 3 nitrogen and oxygen atoms in total. The zero-order valence-corrected chi connectivity index (χ0v) is 15.2. The summed E-state index contributed by atoms with van der Waals surface area (Å²) in [5.74, 6) is -0.846. The molecule has 0 aliphatic carbocycles. The van der Waals surface area contributed by atoms with Gasteiger partial charge in [-0.25, -0.2) is 4.79 Å². The minimum atomic E-state index is -0.846. The van der Waals surface area contributed by atoms with E-state index in [0.717, 1.165) is 18.4 Å². The molecule has 0 aliphatic rings. The summed E-state index contributed by atoms with van der Waals surface area (Å²) in [6, 6.07) is 9.74. The second-order valence-corrected chi connectivity index (χ2v) is 6.59. The first kappa shape index (κ1) is 20.7. The van der Waals surface area contributed by atoms with Crippen molar-refractivity contribution >= 4 is 5.97 Å². The maximum Gasteiger partial charge on any atom is 0.332 e. The van der Waals surface area contributed by atoms with Crippen LogP contribution in [-0.4, -0.2) is 17.2 Å². The molecule has 1 aromatic rings. The summed E-state index contributed by atoms with van der Waals surface area (Å²) in [6.45, 7) is 2.61. The fourth-order valence-corrected chi connectivity index (χ4v) is 2.87. The van der Waals surface area contributed by atoms with Crippen LogP contribution in [0, 0.1) is 0 Å². The van der Waals surface area contributed by atoms with Crippen molar-refractivity contribution in [1.29, 1.82) is 0 Å². The van der Waals surface area contributed by atoms with Gasteiger partial charge in [0, 0.05) is 0 Å². The molecule has 0 bridgehead atoms. The monoisotopic (exact) mass is 334 g/mol. The standard InChI is InChI=1S/C21H34O3/c1-2-3-4-5-6-7-8-9-10-14-17-20(21(22)23)24-18-19-15-12-11-13-16-19/h11-13,15-16,20H,2-10,14,17-18H2,1H3,(H,22,23). The van der Waals surface area contributed by atoms with E-state index in [-0.39, 0.29) is 0 Å². The zero-order chi connectivity index (χ0) is 17.5. The molecular formula is C21H34O3. The minimum absolute atomic E-state index is 0.371. The van der Waals surface area contributed by atoms with Crippen LogP contribution < -0.4 is 0 Å². The van der Waals surface area contributed by atoms with E-state index in [1.54, 1.807) is 0 Å². The fraction of sp³-hybridized carbons (Fsp3) is 0.667. The lowest BCUT2D eigenvalue weighted by Crippen LogP contribution is -2.23. The highest BCUT2D eigenvalue weighted by atomic mass is 16.5. The van der Waals surface area contributed by atoms with E-state index in [1.807, 2.05) is 30.3 Å². The van der Waals surface area contributed by atoms with Gasteiger partial charge in [-0.15, -0.1) is 0 Å². The van der Waals surface area contributed by atoms with Gasteiger partial charge in [0.15, 0.2) is 6.10 Å². The number of aliphatic carboxylic acids is 1. The number of ether oxygens (including phenoxy) is 1. The third-order valence-electron chi connectivity index (χ3n) is 4.39. The maximum atomic E-state index is 11.3. The molecule has 1 unspecified atom stereocenters. The third-order valence-corrected chi connectivity index (χ3v) is 4.39. The van der Waals surface area contributed by atoms with E-state index >= 15 is 0 Å². The fourth-order valence-electron chi connectivity index (χ4n) is 2.87. The van der Waals surface area contributed by atoms with Gasteiger partial charge in [-0.3, -0.25) is 0 Å². The van der Waals surface area contributed by atoms with Crippen LogP contribution in [0.25, 0.3) is 0 Å². The summed E-state index contributed by atoms with van der Waals surface area (Å²) >= 11 is 0. The second kappa shape index (κ2) is 14.0. The van der Waals surface area contributed by atoms with E-state index in [0.29, 0.717) is 13.0 Å². The highest BCUT2D eigenvalue weighted by Crippen LogP contribution is 2.14. The molecule has 0 saturated carbocycles. The van der Waals surface area contributed by atoms with Crippen LogP contribution in [0.4, 0.5) is 0 Å². The molecule has 0 spiro atoms. The van der Waals surface area contributed by atoms with Crippen molar-refractivity contribution in [2.45, 2.75) is 90.3 Å². The van der Waals surface area contributed by atoms with Crippen LogP contribution in [0.3, 0.4) is 0 Å². The lowest BCUT2D eigenvalue weighted by molar-refractivity contribution is -0.151. The number of carboxylic acids is 1. The molecule has 3 heteroatoms. The molecule has 0 fully saturated rings. The smallest absolute Gasteiger partial charge is 0.332 e. The molecule has 0 heterocycles. The van der Waals surface area contributed by atoms with Crippen LogP contribution in [0.2, 0.25) is 0 Å². The Labute approximate surface area is 147 Å². The van der Waals surface area contributed by atoms with Crippen LogP contribution >= 0.6 is 0 Å². The van der Waals surface area contributed by atoms with E-state index in [4.69, 9.17) is 4.74 Å². The number of hydrogen-bond acceptors (Lipinski definition) is 2. The number of rotatable bonds is 15. The van der Waals surface area contributed by atoms with Gasteiger partial charge >= 0.3 is 5.97 Å². The van der Waals surface area contributed by atoms with E-state index in [9.17, 15) is 9.90 Å². The SMILES string of the molecule is CCCCCCCCCCCCC(OCc1ccccc1)C(=O)O. The topological polar surface area (TPSA) is 46.5 Å². The summed E-state index contributed by atoms with van der Waals surface area (Å²) in [6.07, 6.45) is 12.5. The maximum absolute atomic E-state index is 11.3. The molecule has 0 saturated heterocycles. The van der Waals surface area contributed by atoms with Gasteiger partial charge < -0.3 is 9.84 Å². The van der Waals surface area contributed by atoms with E-state index < -0.39 is 12.1 Å². The average molecular weight is 334 g/mol. The third kappa shape index (κ3) is 10.4. The Bertz CT molecular complexity index is 416. The van der Waals surface area contributed by atoms with Crippen LogP contribution in [0.15, 0.2) is 30.3 Å². The van der Waals surface area contributed by atoms with Crippen molar-refractivity contribution in [3.05, 3.63) is 35.9 Å². The molecule has 1 rings (SSSR count). The quantitative estimate of drug-likeness (QED) is 0.402. The van der Waals surface area contributed by atoms with Gasteiger partial charge in [0.1, 0.15) is 0 Å². The zero-order valence-electron chi connectivity index (χ0n) is 15.2. The van der Waals surface area contributed by atoms with Crippen molar-refractivity contribution < 1.29 is 14.6 Å². The van der Waals surface area contributed by atoms with Gasteiger partial charge in [0.05, 0.1) is 6.61 Å². The average Bonchev–Trinajstić information content (AvgIpc) is 2.59. The number of unbranched alkanes of at least 4 members (excludes halogenated alkanes) is 9. The Balaban J connectivity index is 2.04. The van der Waals surface area contributed by atoms with Crippen molar-refractivity contribution in [2.24, 2.45) is 0 Å². The summed E-state index contributed by atoms with van der Waals surface area (Å²) in [4.78, 5) is 11.3. The Hall–Kier alpha value is -1.35. The Morgan fingerprint density at radius 2 is 1.46 bits per heavy atom. The molecule has 0 amide bonds. The van der Waals surface area contributed by atoms with Crippen LogP contribution in [0.5, 0.6) is 0 Å². The highest BCUT2D eigenvalue weighted by Gasteiger charge is 2.17. The molecule has 0 aromatic heterocycles. The first-order valence-electron chi connectivity index (χ1n) is 9.62. The molecule has 1 N–H and O–H groups in total. The molecule has 0 radical (unpaired) electrons. The van der Waals surface area contributed by atoms with Gasteiger partial charge in [-0.1, -0.05) is 101 Å². The number of carboxylic acid groups (broad SMARTS) is 1. The largest absolute Gasteiger partial charge is 0.479 e. The van der Waals surface area contributed by atoms with E-state index in [1.165, 1.54) is 51.4 Å². The van der Waals surface area contributed by atoms with Gasteiger partial charge in [-0.05, 0) is 12.0 Å². The molecule has 24 heavy (non-hydrogen) atoms. The molecule has 1 aromatic carbocycles. The molecular weight excluding hydrogens is 300 g/mol. The minimum Gasteiger partial charge on any atom is -0.479 e. The highest BCUT2D eigenvalue weighted by molar-refractivity contribution is 5.72. The van der Waals surface area contributed by atoms with Crippen LogP contribution in [0.1, 0.15) is 83.1 Å². The Morgan fingerprint density at radius 1 is 0.917 bits per heavy atom. The summed E-state index contributed by atoms with van der Waals surface area (Å²) < 4.78 is 5.57. The molecule has 0 aliphatic heterocycles. The van der Waals surface area contributed by atoms with Crippen molar-refractivity contribution in [3.8, 4) is 0 Å². The first-order chi connectivity index (χ1) is 11.7. The van der Waals surface area contributed by atoms with Gasteiger partial charge in [0.25, 0.3) is 0 Å². The Kier molecular flexibility index (Phi) is 12.1. The van der Waals surface area contributed by atoms with Crippen LogP contribution in [-0.2, 0) is 16.1 Å². The van der Waals surface area contributed by atoms with Crippen molar-refractivity contribution in [2.75, 3.05) is 0 Å². The molecule has 1 atom stereocenters. The van der Waals surface area contributed by atoms with Gasteiger partial charge in [-0.2, -0.15) is 0 Å². The normalized spacial score (nSPS) is 12.2. The predicted molar refractivity (Wildman–Crippen MR) is 99.1 cm³/mol. The summed E-state index contributed by atoms with van der Waals surface area (Å²) in [5, 5.41) is 9.27. The number of benzene rings is 1. The first-order valence-corrected chi connectivity index (χ1v) is 9.62. The van der Waals surface area contributed by atoms with E-state index in [2.05, 4.69) is 6.92 Å². The molecule has 136 valence electrons. The lowest BCUT2D eigenvalue weighted by Gasteiger charge is -2.13. The summed E-state index contributed by atoms with van der Waals surface area (Å²) in [7, 11) is 0.